The molecule has 0 aromatic heterocycles. The van der Waals surface area contributed by atoms with Crippen molar-refractivity contribution in [3.8, 4) is 0 Å². The third-order valence-electron chi connectivity index (χ3n) is 7.77. The summed E-state index contributed by atoms with van der Waals surface area (Å²) in [6, 6.07) is -6.03. The second-order valence-electron chi connectivity index (χ2n) is 12.4. The molecule has 13 nitrogen and oxygen atoms in total. The Morgan fingerprint density at radius 2 is 1.14 bits per heavy atom. The van der Waals surface area contributed by atoms with Gasteiger partial charge in [-0.15, -0.1) is 0 Å². The molecular formula is C30H54N6O7. The van der Waals surface area contributed by atoms with Crippen molar-refractivity contribution in [1.29, 1.82) is 0 Å². The van der Waals surface area contributed by atoms with Crippen LogP contribution in [0.5, 0.6) is 0 Å². The monoisotopic (exact) mass is 610 g/mol. The van der Waals surface area contributed by atoms with E-state index in [0.29, 0.717) is 12.8 Å². The molecule has 0 aliphatic carbocycles. The molecule has 1 aliphatic rings. The van der Waals surface area contributed by atoms with Gasteiger partial charge < -0.3 is 37.0 Å². The highest BCUT2D eigenvalue weighted by Gasteiger charge is 2.36. The Morgan fingerprint density at radius 1 is 0.628 bits per heavy atom. The third-order valence-corrected chi connectivity index (χ3v) is 7.77. The molecule has 0 bridgehead atoms. The molecular weight excluding hydrogens is 556 g/mol. The summed E-state index contributed by atoms with van der Waals surface area (Å²) in [6.07, 6.45) is 0.0246. The first-order chi connectivity index (χ1) is 20.1. The van der Waals surface area contributed by atoms with Crippen LogP contribution in [0.2, 0.25) is 0 Å². The minimum Gasteiger partial charge on any atom is -0.391 e. The lowest BCUT2D eigenvalue weighted by molar-refractivity contribution is -0.137. The van der Waals surface area contributed by atoms with E-state index in [1.54, 1.807) is 20.8 Å². The SMILES string of the molecule is CCC1CC(=O)NC(CC(C)C)C(=O)NC(C(C)O)C(=O)NC(C(C)C)C(=O)NC(CC)C(=O)NC(C(C)CC)C(=O)N1. The maximum absolute atomic E-state index is 13.4. The molecule has 246 valence electrons. The van der Waals surface area contributed by atoms with Gasteiger partial charge >= 0.3 is 0 Å². The van der Waals surface area contributed by atoms with Crippen molar-refractivity contribution in [1.82, 2.24) is 31.9 Å². The second-order valence-corrected chi connectivity index (χ2v) is 12.4. The van der Waals surface area contributed by atoms with Gasteiger partial charge in [-0.1, -0.05) is 61.8 Å². The minimum absolute atomic E-state index is 0.00131. The molecule has 0 radical (unpaired) electrons. The van der Waals surface area contributed by atoms with Crippen molar-refractivity contribution in [3.63, 3.8) is 0 Å². The topological polar surface area (TPSA) is 195 Å². The molecule has 0 aromatic rings. The predicted octanol–water partition coefficient (Wildman–Crippen LogP) is 0.248. The predicted molar refractivity (Wildman–Crippen MR) is 162 cm³/mol. The lowest BCUT2D eigenvalue weighted by atomic mass is 9.96. The zero-order valence-corrected chi connectivity index (χ0v) is 27.2. The van der Waals surface area contributed by atoms with E-state index in [1.165, 1.54) is 6.92 Å². The molecule has 0 saturated carbocycles. The minimum atomic E-state index is -1.42. The van der Waals surface area contributed by atoms with Gasteiger partial charge in [0.1, 0.15) is 30.2 Å². The molecule has 0 spiro atoms. The number of carbonyl (C=O) groups excluding carboxylic acids is 6. The van der Waals surface area contributed by atoms with E-state index < -0.39 is 83.7 Å². The largest absolute Gasteiger partial charge is 0.391 e. The molecule has 1 saturated heterocycles. The van der Waals surface area contributed by atoms with E-state index in [-0.39, 0.29) is 31.1 Å². The quantitative estimate of drug-likeness (QED) is 0.205. The number of hydrogen-bond donors (Lipinski definition) is 7. The van der Waals surface area contributed by atoms with Gasteiger partial charge in [0.25, 0.3) is 0 Å². The third kappa shape index (κ3) is 11.8. The summed E-state index contributed by atoms with van der Waals surface area (Å²) in [6.45, 7) is 15.7. The highest BCUT2D eigenvalue weighted by Crippen LogP contribution is 2.13. The van der Waals surface area contributed by atoms with Gasteiger partial charge in [-0.25, -0.2) is 0 Å². The summed E-state index contributed by atoms with van der Waals surface area (Å²) in [5, 5.41) is 26.6. The lowest BCUT2D eigenvalue weighted by Crippen LogP contribution is -2.62. The fourth-order valence-electron chi connectivity index (χ4n) is 4.78. The summed E-state index contributed by atoms with van der Waals surface area (Å²) < 4.78 is 0. The van der Waals surface area contributed by atoms with E-state index in [4.69, 9.17) is 0 Å². The molecule has 8 atom stereocenters. The number of aliphatic hydroxyl groups is 1. The van der Waals surface area contributed by atoms with Crippen LogP contribution >= 0.6 is 0 Å². The second kappa shape index (κ2) is 17.8. The maximum atomic E-state index is 13.4. The van der Waals surface area contributed by atoms with Crippen LogP contribution in [0.15, 0.2) is 0 Å². The number of hydrogen-bond acceptors (Lipinski definition) is 7. The Hall–Kier alpha value is -3.22. The van der Waals surface area contributed by atoms with E-state index in [9.17, 15) is 33.9 Å². The van der Waals surface area contributed by atoms with Crippen molar-refractivity contribution < 1.29 is 33.9 Å². The highest BCUT2D eigenvalue weighted by atomic mass is 16.3. The van der Waals surface area contributed by atoms with Gasteiger partial charge in [-0.3, -0.25) is 28.8 Å². The maximum Gasteiger partial charge on any atom is 0.245 e. The van der Waals surface area contributed by atoms with Gasteiger partial charge in [0.15, 0.2) is 0 Å². The van der Waals surface area contributed by atoms with E-state index >= 15 is 0 Å². The molecule has 7 N–H and O–H groups in total. The molecule has 1 fully saturated rings. The van der Waals surface area contributed by atoms with Crippen molar-refractivity contribution in [3.05, 3.63) is 0 Å². The summed E-state index contributed by atoms with van der Waals surface area (Å²) in [7, 11) is 0. The van der Waals surface area contributed by atoms with Crippen LogP contribution in [-0.2, 0) is 28.8 Å². The lowest BCUT2D eigenvalue weighted by Gasteiger charge is -2.29. The number of aliphatic hydroxyl groups excluding tert-OH is 1. The van der Waals surface area contributed by atoms with Crippen LogP contribution in [0.3, 0.4) is 0 Å². The highest BCUT2D eigenvalue weighted by molar-refractivity contribution is 5.97. The molecule has 6 amide bonds. The Bertz CT molecular complexity index is 986. The summed E-state index contributed by atoms with van der Waals surface area (Å²) >= 11 is 0. The Balaban J connectivity index is 3.58. The van der Waals surface area contributed by atoms with Crippen LogP contribution < -0.4 is 31.9 Å². The van der Waals surface area contributed by atoms with E-state index in [0.717, 1.165) is 0 Å². The Labute approximate surface area is 255 Å². The van der Waals surface area contributed by atoms with Gasteiger partial charge in [-0.05, 0) is 43.9 Å². The standard InChI is InChI=1S/C30H54N6O7/c1-10-17(8)24-29(42)31-19(11-2)14-22(38)32-21(13-15(4)5)27(40)36-25(18(9)37)30(43)34-23(16(6)7)28(41)33-20(12-3)26(39)35-24/h15-21,23-25,37H,10-14H2,1-9H3,(H,31,42)(H,32,38)(H,33,41)(H,34,43)(H,35,39)(H,36,40). The molecule has 1 rings (SSSR count). The van der Waals surface area contributed by atoms with Gasteiger partial charge in [0.2, 0.25) is 35.4 Å². The molecule has 0 aromatic carbocycles. The van der Waals surface area contributed by atoms with Crippen molar-refractivity contribution in [2.75, 3.05) is 0 Å². The van der Waals surface area contributed by atoms with Crippen LogP contribution in [0.25, 0.3) is 0 Å². The Kier molecular flexibility index (Phi) is 15.6. The van der Waals surface area contributed by atoms with Crippen molar-refractivity contribution >= 4 is 35.4 Å². The molecule has 13 heteroatoms. The average molecular weight is 611 g/mol. The average Bonchev–Trinajstić information content (AvgIpc) is 2.93. The summed E-state index contributed by atoms with van der Waals surface area (Å²) in [5.74, 6) is -4.24. The molecule has 8 unspecified atom stereocenters. The van der Waals surface area contributed by atoms with Crippen LogP contribution in [-0.4, -0.2) is 82.9 Å². The van der Waals surface area contributed by atoms with Crippen LogP contribution in [0, 0.1) is 17.8 Å². The zero-order chi connectivity index (χ0) is 33.0. The fraction of sp³-hybridized carbons (Fsp3) is 0.800. The first kappa shape index (κ1) is 37.8. The van der Waals surface area contributed by atoms with Gasteiger partial charge in [0, 0.05) is 12.5 Å². The zero-order valence-electron chi connectivity index (χ0n) is 27.2. The normalized spacial score (nSPS) is 28.7. The van der Waals surface area contributed by atoms with Crippen LogP contribution in [0.1, 0.15) is 94.4 Å². The van der Waals surface area contributed by atoms with Crippen molar-refractivity contribution in [2.24, 2.45) is 17.8 Å². The smallest absolute Gasteiger partial charge is 0.245 e. The van der Waals surface area contributed by atoms with Gasteiger partial charge in [-0.2, -0.15) is 0 Å². The molecule has 1 heterocycles. The number of nitrogens with one attached hydrogen (secondary N) is 6. The van der Waals surface area contributed by atoms with E-state index in [2.05, 4.69) is 31.9 Å². The Morgan fingerprint density at radius 3 is 1.63 bits per heavy atom. The van der Waals surface area contributed by atoms with Gasteiger partial charge in [0.05, 0.1) is 6.10 Å². The number of rotatable bonds is 8. The first-order valence-electron chi connectivity index (χ1n) is 15.5. The van der Waals surface area contributed by atoms with E-state index in [1.807, 2.05) is 34.6 Å². The summed E-state index contributed by atoms with van der Waals surface area (Å²) in [5.41, 5.74) is 0. The van der Waals surface area contributed by atoms with Crippen molar-refractivity contribution in [2.45, 2.75) is 137 Å². The fourth-order valence-corrected chi connectivity index (χ4v) is 4.78. The molecule has 1 aliphatic heterocycles. The first-order valence-corrected chi connectivity index (χ1v) is 15.5. The number of carbonyl (C=O) groups is 6. The summed E-state index contributed by atoms with van der Waals surface area (Å²) in [4.78, 5) is 79.8. The van der Waals surface area contributed by atoms with Crippen LogP contribution in [0.4, 0.5) is 0 Å². The molecule has 43 heavy (non-hydrogen) atoms. The number of amides is 6.